The maximum absolute atomic E-state index is 12.7. The number of benzene rings is 1. The number of halogens is 3. The van der Waals surface area contributed by atoms with Crippen LogP contribution < -0.4 is 4.74 Å². The third-order valence-corrected chi connectivity index (χ3v) is 3.22. The highest BCUT2D eigenvalue weighted by molar-refractivity contribution is 5.44. The quantitative estimate of drug-likeness (QED) is 0.486. The van der Waals surface area contributed by atoms with Gasteiger partial charge in [0.2, 0.25) is 0 Å². The Morgan fingerprint density at radius 2 is 2.05 bits per heavy atom. The first-order chi connectivity index (χ1) is 9.16. The smallest absolute Gasteiger partial charge is 0.416 e. The van der Waals surface area contributed by atoms with Crippen LogP contribution in [0.3, 0.4) is 0 Å². The number of alkyl halides is 3. The van der Waals surface area contributed by atoms with E-state index in [0.29, 0.717) is 0 Å². The van der Waals surface area contributed by atoms with E-state index in [2.05, 4.69) is 10.0 Å². The molecule has 0 radical (unpaired) electrons. The highest BCUT2D eigenvalue weighted by Crippen LogP contribution is 2.44. The van der Waals surface area contributed by atoms with Crippen LogP contribution in [0, 0.1) is 0 Å². The van der Waals surface area contributed by atoms with Gasteiger partial charge in [0.1, 0.15) is 17.5 Å². The minimum absolute atomic E-state index is 0.0347. The fourth-order valence-corrected chi connectivity index (χ4v) is 2.12. The molecule has 0 aliphatic carbocycles. The van der Waals surface area contributed by atoms with Gasteiger partial charge in [-0.25, -0.2) is 0 Å². The Morgan fingerprint density at radius 1 is 1.40 bits per heavy atom. The lowest BCUT2D eigenvalue weighted by atomic mass is 9.86. The minimum atomic E-state index is -4.49. The molecule has 0 aromatic heterocycles. The first kappa shape index (κ1) is 14.5. The molecule has 0 saturated carbocycles. The van der Waals surface area contributed by atoms with E-state index in [1.165, 1.54) is 13.8 Å². The van der Waals surface area contributed by atoms with E-state index >= 15 is 0 Å². The number of hydrogen-bond acceptors (Lipinski definition) is 3. The standard InChI is InChI=1S/C12H12F3N3O2/c1-11(2)10(19)9(17-18-16)7-4-3-6(12(13,14)15)5-8(7)20-11/h3-5,9-10,19H,1-2H3/t9-,10+/m0/s1. The summed E-state index contributed by atoms with van der Waals surface area (Å²) < 4.78 is 43.5. The lowest BCUT2D eigenvalue weighted by Gasteiger charge is -2.40. The molecule has 2 atom stereocenters. The number of rotatable bonds is 1. The number of ether oxygens (including phenoxy) is 1. The van der Waals surface area contributed by atoms with Crippen molar-refractivity contribution in [3.8, 4) is 5.75 Å². The Hall–Kier alpha value is -1.92. The molecule has 1 aromatic rings. The van der Waals surface area contributed by atoms with E-state index in [1.54, 1.807) is 0 Å². The average Bonchev–Trinajstić information content (AvgIpc) is 2.32. The Kier molecular flexibility index (Phi) is 3.31. The lowest BCUT2D eigenvalue weighted by Crippen LogP contribution is -2.48. The van der Waals surface area contributed by atoms with Crippen LogP contribution >= 0.6 is 0 Å². The molecule has 108 valence electrons. The molecule has 0 fully saturated rings. The monoisotopic (exact) mass is 287 g/mol. The Labute approximate surface area is 112 Å². The van der Waals surface area contributed by atoms with Gasteiger partial charge < -0.3 is 9.84 Å². The summed E-state index contributed by atoms with van der Waals surface area (Å²) in [5.74, 6) is -0.0347. The SMILES string of the molecule is CC1(C)Oc2cc(C(F)(F)F)ccc2[C@H](N=[N+]=[N-])[C@H]1O. The van der Waals surface area contributed by atoms with E-state index in [-0.39, 0.29) is 11.3 Å². The van der Waals surface area contributed by atoms with Crippen molar-refractivity contribution in [2.45, 2.75) is 37.8 Å². The van der Waals surface area contributed by atoms with Crippen molar-refractivity contribution in [2.24, 2.45) is 5.11 Å². The van der Waals surface area contributed by atoms with Crippen molar-refractivity contribution in [3.63, 3.8) is 0 Å². The lowest BCUT2D eigenvalue weighted by molar-refractivity contribution is -0.138. The van der Waals surface area contributed by atoms with Gasteiger partial charge in [-0.3, -0.25) is 0 Å². The van der Waals surface area contributed by atoms with Crippen LogP contribution in [0.4, 0.5) is 13.2 Å². The fraction of sp³-hybridized carbons (Fsp3) is 0.500. The molecule has 0 amide bonds. The minimum Gasteiger partial charge on any atom is -0.485 e. The topological polar surface area (TPSA) is 78.2 Å². The molecule has 0 saturated heterocycles. The van der Waals surface area contributed by atoms with Crippen LogP contribution in [0.5, 0.6) is 5.75 Å². The van der Waals surface area contributed by atoms with E-state index in [0.717, 1.165) is 18.2 Å². The maximum atomic E-state index is 12.7. The molecule has 1 heterocycles. The van der Waals surface area contributed by atoms with Crippen molar-refractivity contribution in [3.05, 3.63) is 39.8 Å². The van der Waals surface area contributed by atoms with Gasteiger partial charge in [0, 0.05) is 10.5 Å². The molecule has 5 nitrogen and oxygen atoms in total. The van der Waals surface area contributed by atoms with Crippen LogP contribution in [-0.2, 0) is 6.18 Å². The second kappa shape index (κ2) is 4.57. The summed E-state index contributed by atoms with van der Waals surface area (Å²) in [6.45, 7) is 3.03. The largest absolute Gasteiger partial charge is 0.485 e. The van der Waals surface area contributed by atoms with Crippen molar-refractivity contribution in [1.82, 2.24) is 0 Å². The molecule has 20 heavy (non-hydrogen) atoms. The van der Waals surface area contributed by atoms with Crippen LogP contribution in [0.1, 0.15) is 31.0 Å². The highest BCUT2D eigenvalue weighted by atomic mass is 19.4. The summed E-state index contributed by atoms with van der Waals surface area (Å²) in [7, 11) is 0. The Bertz CT molecular complexity index is 580. The Morgan fingerprint density at radius 3 is 2.60 bits per heavy atom. The number of azide groups is 1. The number of fused-ring (bicyclic) bond motifs is 1. The molecule has 2 rings (SSSR count). The van der Waals surface area contributed by atoms with E-state index in [1.807, 2.05) is 0 Å². The Balaban J connectivity index is 2.57. The average molecular weight is 287 g/mol. The molecule has 1 N–H and O–H groups in total. The number of aliphatic hydroxyl groups excluding tert-OH is 1. The van der Waals surface area contributed by atoms with Crippen LogP contribution in [-0.4, -0.2) is 16.8 Å². The van der Waals surface area contributed by atoms with Gasteiger partial charge in [-0.2, -0.15) is 13.2 Å². The van der Waals surface area contributed by atoms with E-state index in [9.17, 15) is 18.3 Å². The first-order valence-corrected chi connectivity index (χ1v) is 5.79. The summed E-state index contributed by atoms with van der Waals surface area (Å²) in [6.07, 6.45) is -5.64. The second-order valence-corrected chi connectivity index (χ2v) is 5.05. The first-order valence-electron chi connectivity index (χ1n) is 5.79. The number of aliphatic hydroxyl groups is 1. The van der Waals surface area contributed by atoms with Crippen LogP contribution in [0.25, 0.3) is 10.4 Å². The van der Waals surface area contributed by atoms with E-state index < -0.39 is 29.5 Å². The van der Waals surface area contributed by atoms with Gasteiger partial charge in [-0.05, 0) is 31.5 Å². The predicted octanol–water partition coefficient (Wildman–Crippen LogP) is 3.59. The molecular weight excluding hydrogens is 275 g/mol. The van der Waals surface area contributed by atoms with Gasteiger partial charge in [0.15, 0.2) is 0 Å². The van der Waals surface area contributed by atoms with Crippen molar-refractivity contribution < 1.29 is 23.0 Å². The van der Waals surface area contributed by atoms with Gasteiger partial charge in [-0.1, -0.05) is 11.2 Å². The zero-order valence-corrected chi connectivity index (χ0v) is 10.7. The summed E-state index contributed by atoms with van der Waals surface area (Å²) in [6, 6.07) is 1.90. The van der Waals surface area contributed by atoms with Gasteiger partial charge in [0.25, 0.3) is 0 Å². The second-order valence-electron chi connectivity index (χ2n) is 5.05. The maximum Gasteiger partial charge on any atom is 0.416 e. The van der Waals surface area contributed by atoms with Crippen LogP contribution in [0.15, 0.2) is 23.3 Å². The van der Waals surface area contributed by atoms with Gasteiger partial charge in [0.05, 0.1) is 11.6 Å². The summed E-state index contributed by atoms with van der Waals surface area (Å²) in [5.41, 5.74) is 6.77. The molecule has 8 heteroatoms. The number of nitrogens with zero attached hydrogens (tertiary/aromatic N) is 3. The van der Waals surface area contributed by atoms with Crippen molar-refractivity contribution >= 4 is 0 Å². The van der Waals surface area contributed by atoms with Crippen molar-refractivity contribution in [2.75, 3.05) is 0 Å². The third-order valence-electron chi connectivity index (χ3n) is 3.22. The molecule has 0 bridgehead atoms. The zero-order chi connectivity index (χ0) is 15.1. The van der Waals surface area contributed by atoms with E-state index in [4.69, 9.17) is 10.3 Å². The highest BCUT2D eigenvalue weighted by Gasteiger charge is 2.43. The van der Waals surface area contributed by atoms with Gasteiger partial charge >= 0.3 is 6.18 Å². The molecule has 1 aliphatic heterocycles. The predicted molar refractivity (Wildman–Crippen MR) is 64.0 cm³/mol. The van der Waals surface area contributed by atoms with Crippen molar-refractivity contribution in [1.29, 1.82) is 0 Å². The molecule has 0 spiro atoms. The van der Waals surface area contributed by atoms with Crippen LogP contribution in [0.2, 0.25) is 0 Å². The summed E-state index contributed by atoms with van der Waals surface area (Å²) in [5, 5.41) is 13.6. The van der Waals surface area contributed by atoms with Gasteiger partial charge in [-0.15, -0.1) is 0 Å². The normalized spacial score (nSPS) is 24.3. The molecule has 0 unspecified atom stereocenters. The summed E-state index contributed by atoms with van der Waals surface area (Å²) in [4.78, 5) is 2.63. The molecular formula is C12H12F3N3O2. The summed E-state index contributed by atoms with van der Waals surface area (Å²) >= 11 is 0. The number of hydrogen-bond donors (Lipinski definition) is 1. The third kappa shape index (κ3) is 2.39. The molecule has 1 aromatic carbocycles. The molecule has 1 aliphatic rings. The fourth-order valence-electron chi connectivity index (χ4n) is 2.12. The zero-order valence-electron chi connectivity index (χ0n) is 10.7.